The van der Waals surface area contributed by atoms with Crippen molar-refractivity contribution in [3.8, 4) is 0 Å². The van der Waals surface area contributed by atoms with Crippen molar-refractivity contribution in [2.75, 3.05) is 19.0 Å². The highest BCUT2D eigenvalue weighted by atomic mass is 35.5. The number of hydrogen-bond donors (Lipinski definition) is 1. The summed E-state index contributed by atoms with van der Waals surface area (Å²) in [5.74, 6) is -0.378. The van der Waals surface area contributed by atoms with E-state index < -0.39 is 17.8 Å². The second-order valence-corrected chi connectivity index (χ2v) is 7.76. The van der Waals surface area contributed by atoms with Gasteiger partial charge >= 0.3 is 6.09 Å². The minimum absolute atomic E-state index is 0.125. The normalized spacial score (nSPS) is 20.6. The van der Waals surface area contributed by atoms with Gasteiger partial charge in [0, 0.05) is 13.1 Å². The number of piperidine rings is 1. The first-order valence-corrected chi connectivity index (χ1v) is 9.30. The Kier molecular flexibility index (Phi) is 6.89. The number of rotatable bonds is 4. The van der Waals surface area contributed by atoms with Crippen molar-refractivity contribution in [3.05, 3.63) is 35.9 Å². The number of carbonyl (C=O) groups excluding carboxylic acids is 2. The first kappa shape index (κ1) is 20.5. The Morgan fingerprint density at radius 1 is 1.31 bits per heavy atom. The van der Waals surface area contributed by atoms with Gasteiger partial charge in [-0.3, -0.25) is 4.79 Å². The van der Waals surface area contributed by atoms with Gasteiger partial charge < -0.3 is 19.6 Å². The summed E-state index contributed by atoms with van der Waals surface area (Å²) in [4.78, 5) is 27.6. The fourth-order valence-electron chi connectivity index (χ4n) is 3.02. The summed E-state index contributed by atoms with van der Waals surface area (Å²) < 4.78 is 5.36. The van der Waals surface area contributed by atoms with Gasteiger partial charge in [0.2, 0.25) is 5.91 Å². The molecule has 1 aromatic rings. The van der Waals surface area contributed by atoms with E-state index in [1.807, 2.05) is 30.3 Å². The van der Waals surface area contributed by atoms with Crippen LogP contribution >= 0.6 is 11.6 Å². The molecule has 0 bridgehead atoms. The third-order valence-corrected chi connectivity index (χ3v) is 4.46. The topological polar surface area (TPSA) is 70.1 Å². The van der Waals surface area contributed by atoms with E-state index >= 15 is 0 Å². The maximum atomic E-state index is 12.3. The number of aliphatic hydroxyl groups is 1. The minimum atomic E-state index is -0.854. The predicted molar refractivity (Wildman–Crippen MR) is 99.9 cm³/mol. The largest absolute Gasteiger partial charge is 0.444 e. The van der Waals surface area contributed by atoms with E-state index in [1.165, 1.54) is 4.90 Å². The van der Waals surface area contributed by atoms with Crippen molar-refractivity contribution >= 4 is 23.6 Å². The van der Waals surface area contributed by atoms with E-state index in [0.29, 0.717) is 19.5 Å². The number of carbonyl (C=O) groups is 2. The molecule has 1 fully saturated rings. The second-order valence-electron chi connectivity index (χ2n) is 7.49. The molecule has 2 rings (SSSR count). The first-order chi connectivity index (χ1) is 12.2. The predicted octanol–water partition coefficient (Wildman–Crippen LogP) is 2.62. The Bertz CT molecular complexity index is 618. The third-order valence-electron chi connectivity index (χ3n) is 4.23. The molecule has 0 saturated carbocycles. The fourth-order valence-corrected chi connectivity index (χ4v) is 3.18. The lowest BCUT2D eigenvalue weighted by Gasteiger charge is -2.41. The lowest BCUT2D eigenvalue weighted by molar-refractivity contribution is -0.136. The molecule has 6 nitrogen and oxygen atoms in total. The quantitative estimate of drug-likeness (QED) is 0.812. The lowest BCUT2D eigenvalue weighted by atomic mass is 9.99. The SMILES string of the molecule is CC(C)(C)OC(=O)N1CC[C@@H](N(Cc2ccccc2)C(=O)CCl)[C@H](O)C1. The van der Waals surface area contributed by atoms with Crippen LogP contribution in [0.2, 0.25) is 0 Å². The van der Waals surface area contributed by atoms with Gasteiger partial charge in [-0.15, -0.1) is 11.6 Å². The van der Waals surface area contributed by atoms with Gasteiger partial charge in [0.25, 0.3) is 0 Å². The number of β-amino-alcohol motifs (C(OH)–C–C–N with tert-alkyl or cyclic N) is 1. The van der Waals surface area contributed by atoms with E-state index in [0.717, 1.165) is 5.56 Å². The van der Waals surface area contributed by atoms with Gasteiger partial charge in [-0.05, 0) is 32.8 Å². The maximum Gasteiger partial charge on any atom is 0.410 e. The zero-order chi connectivity index (χ0) is 19.3. The Hall–Kier alpha value is -1.79. The summed E-state index contributed by atoms with van der Waals surface area (Å²) in [5.41, 5.74) is 0.375. The molecule has 2 amide bonds. The smallest absolute Gasteiger partial charge is 0.410 e. The molecule has 1 aromatic carbocycles. The number of alkyl halides is 1. The van der Waals surface area contributed by atoms with Crippen LogP contribution < -0.4 is 0 Å². The molecular formula is C19H27ClN2O4. The molecule has 1 saturated heterocycles. The summed E-state index contributed by atoms with van der Waals surface area (Å²) in [7, 11) is 0. The van der Waals surface area contributed by atoms with E-state index in [9.17, 15) is 14.7 Å². The molecule has 7 heteroatoms. The number of likely N-dealkylation sites (tertiary alicyclic amines) is 1. The highest BCUT2D eigenvalue weighted by Gasteiger charge is 2.37. The molecule has 26 heavy (non-hydrogen) atoms. The number of hydrogen-bond acceptors (Lipinski definition) is 4. The van der Waals surface area contributed by atoms with Gasteiger partial charge in [-0.2, -0.15) is 0 Å². The Balaban J connectivity index is 2.06. The maximum absolute atomic E-state index is 12.3. The van der Waals surface area contributed by atoms with Crippen molar-refractivity contribution in [2.45, 2.75) is 51.5 Å². The van der Waals surface area contributed by atoms with Crippen molar-refractivity contribution in [1.82, 2.24) is 9.80 Å². The van der Waals surface area contributed by atoms with E-state index in [4.69, 9.17) is 16.3 Å². The van der Waals surface area contributed by atoms with Gasteiger partial charge in [-0.1, -0.05) is 30.3 Å². The highest BCUT2D eigenvalue weighted by Crippen LogP contribution is 2.22. The molecule has 144 valence electrons. The summed E-state index contributed by atoms with van der Waals surface area (Å²) in [5, 5.41) is 10.6. The van der Waals surface area contributed by atoms with Crippen molar-refractivity contribution in [2.24, 2.45) is 0 Å². The van der Waals surface area contributed by atoms with Crippen LogP contribution in [0.15, 0.2) is 30.3 Å². The monoisotopic (exact) mass is 382 g/mol. The number of halogens is 1. The van der Waals surface area contributed by atoms with Crippen LogP contribution in [-0.4, -0.2) is 63.6 Å². The van der Waals surface area contributed by atoms with Crippen LogP contribution in [0.1, 0.15) is 32.8 Å². The Morgan fingerprint density at radius 2 is 1.96 bits per heavy atom. The third kappa shape index (κ3) is 5.61. The second kappa shape index (κ2) is 8.73. The van der Waals surface area contributed by atoms with Crippen LogP contribution in [0.4, 0.5) is 4.79 Å². The molecule has 0 aliphatic carbocycles. The molecule has 0 unspecified atom stereocenters. The summed E-state index contributed by atoms with van der Waals surface area (Å²) in [6.45, 7) is 6.32. The average Bonchev–Trinajstić information content (AvgIpc) is 2.58. The molecule has 2 atom stereocenters. The molecule has 1 aliphatic rings. The zero-order valence-electron chi connectivity index (χ0n) is 15.5. The van der Waals surface area contributed by atoms with E-state index in [2.05, 4.69) is 0 Å². The van der Waals surface area contributed by atoms with Crippen molar-refractivity contribution < 1.29 is 19.4 Å². The van der Waals surface area contributed by atoms with Crippen LogP contribution in [-0.2, 0) is 16.1 Å². The van der Waals surface area contributed by atoms with Gasteiger partial charge in [-0.25, -0.2) is 4.79 Å². The standard InChI is InChI=1S/C19H27ClN2O4/c1-19(2,3)26-18(25)21-10-9-15(16(23)13-21)22(17(24)11-20)12-14-7-5-4-6-8-14/h4-8,15-16,23H,9-13H2,1-3H3/t15-,16-/m1/s1. The molecule has 0 radical (unpaired) electrons. The molecule has 1 N–H and O–H groups in total. The number of aliphatic hydroxyl groups excluding tert-OH is 1. The number of benzene rings is 1. The molecule has 1 aliphatic heterocycles. The van der Waals surface area contributed by atoms with Crippen LogP contribution in [0.5, 0.6) is 0 Å². The summed E-state index contributed by atoms with van der Waals surface area (Å²) in [6.07, 6.45) is -0.837. The first-order valence-electron chi connectivity index (χ1n) is 8.76. The average molecular weight is 383 g/mol. The molecule has 0 aromatic heterocycles. The minimum Gasteiger partial charge on any atom is -0.444 e. The van der Waals surface area contributed by atoms with E-state index in [1.54, 1.807) is 25.7 Å². The highest BCUT2D eigenvalue weighted by molar-refractivity contribution is 6.27. The summed E-state index contributed by atoms with van der Waals surface area (Å²) in [6, 6.07) is 9.18. The lowest BCUT2D eigenvalue weighted by Crippen LogP contribution is -2.57. The van der Waals surface area contributed by atoms with Gasteiger partial charge in [0.15, 0.2) is 0 Å². The van der Waals surface area contributed by atoms with Crippen LogP contribution in [0.3, 0.4) is 0 Å². The Labute approximate surface area is 159 Å². The van der Waals surface area contributed by atoms with Crippen LogP contribution in [0, 0.1) is 0 Å². The van der Waals surface area contributed by atoms with Gasteiger partial charge in [0.05, 0.1) is 18.7 Å². The van der Waals surface area contributed by atoms with Crippen molar-refractivity contribution in [1.29, 1.82) is 0 Å². The molecular weight excluding hydrogens is 356 g/mol. The fraction of sp³-hybridized carbons (Fsp3) is 0.579. The summed E-state index contributed by atoms with van der Waals surface area (Å²) >= 11 is 5.77. The number of ether oxygens (including phenoxy) is 1. The van der Waals surface area contributed by atoms with Crippen LogP contribution in [0.25, 0.3) is 0 Å². The van der Waals surface area contributed by atoms with E-state index in [-0.39, 0.29) is 24.4 Å². The zero-order valence-corrected chi connectivity index (χ0v) is 16.3. The molecule has 1 heterocycles. The number of amides is 2. The van der Waals surface area contributed by atoms with Gasteiger partial charge in [0.1, 0.15) is 11.5 Å². The molecule has 0 spiro atoms. The van der Waals surface area contributed by atoms with Crippen molar-refractivity contribution in [3.63, 3.8) is 0 Å². The number of nitrogens with zero attached hydrogens (tertiary/aromatic N) is 2. The Morgan fingerprint density at radius 3 is 2.50 bits per heavy atom.